The van der Waals surface area contributed by atoms with E-state index >= 15 is 0 Å². The Balaban J connectivity index is 1.45. The van der Waals surface area contributed by atoms with Gasteiger partial charge in [-0.25, -0.2) is 9.18 Å². The van der Waals surface area contributed by atoms with Gasteiger partial charge in [-0.1, -0.05) is 22.8 Å². The summed E-state index contributed by atoms with van der Waals surface area (Å²) >= 11 is 6.11. The highest BCUT2D eigenvalue weighted by Gasteiger charge is 2.35. The van der Waals surface area contributed by atoms with Gasteiger partial charge < -0.3 is 14.7 Å². The van der Waals surface area contributed by atoms with Gasteiger partial charge in [-0.05, 0) is 44.7 Å². The van der Waals surface area contributed by atoms with E-state index in [1.54, 1.807) is 24.0 Å². The van der Waals surface area contributed by atoms with Crippen LogP contribution in [-0.2, 0) is 6.54 Å². The fourth-order valence-corrected chi connectivity index (χ4v) is 3.09. The van der Waals surface area contributed by atoms with Crippen LogP contribution in [0.5, 0.6) is 0 Å². The lowest BCUT2D eigenvalue weighted by molar-refractivity contribution is 0.185. The van der Waals surface area contributed by atoms with Gasteiger partial charge in [0.25, 0.3) is 0 Å². The monoisotopic (exact) mass is 378 g/mol. The van der Waals surface area contributed by atoms with Crippen molar-refractivity contribution in [2.45, 2.75) is 57.2 Å². The second kappa shape index (κ2) is 6.87. The summed E-state index contributed by atoms with van der Waals surface area (Å²) in [4.78, 5) is 18.7. The first-order valence-electron chi connectivity index (χ1n) is 8.86. The smallest absolute Gasteiger partial charge is 0.318 e. The number of benzene rings is 1. The topological polar surface area (TPSA) is 71.3 Å². The number of carbonyl (C=O) groups is 1. The van der Waals surface area contributed by atoms with Crippen molar-refractivity contribution in [3.8, 4) is 0 Å². The van der Waals surface area contributed by atoms with Gasteiger partial charge >= 0.3 is 6.03 Å². The Morgan fingerprint density at radius 1 is 1.42 bits per heavy atom. The van der Waals surface area contributed by atoms with Crippen molar-refractivity contribution >= 4 is 17.6 Å². The average molecular weight is 379 g/mol. The third kappa shape index (κ3) is 3.67. The first-order valence-corrected chi connectivity index (χ1v) is 9.24. The molecule has 6 nitrogen and oxygen atoms in total. The van der Waals surface area contributed by atoms with Gasteiger partial charge in [0.05, 0.1) is 6.54 Å². The number of nitrogens with zero attached hydrogens (tertiary/aromatic N) is 3. The van der Waals surface area contributed by atoms with Gasteiger partial charge in [0.15, 0.2) is 5.82 Å². The minimum Gasteiger partial charge on any atom is -0.337 e. The van der Waals surface area contributed by atoms with Gasteiger partial charge in [0.1, 0.15) is 11.9 Å². The molecule has 1 atom stereocenters. The highest BCUT2D eigenvalue weighted by Crippen LogP contribution is 2.38. The van der Waals surface area contributed by atoms with Crippen molar-refractivity contribution in [3.63, 3.8) is 0 Å². The average Bonchev–Trinajstić information content (AvgIpc) is 3.54. The molecule has 138 valence electrons. The summed E-state index contributed by atoms with van der Waals surface area (Å²) in [6.45, 7) is 1.93. The molecule has 0 radical (unpaired) electrons. The van der Waals surface area contributed by atoms with Crippen molar-refractivity contribution in [1.82, 2.24) is 20.4 Å². The van der Waals surface area contributed by atoms with E-state index in [2.05, 4.69) is 15.5 Å². The maximum absolute atomic E-state index is 14.1. The summed E-state index contributed by atoms with van der Waals surface area (Å²) in [5.74, 6) is 1.08. The van der Waals surface area contributed by atoms with Crippen LogP contribution in [0.2, 0.25) is 5.02 Å². The molecular formula is C18H20ClFN4O2. The Kier molecular flexibility index (Phi) is 4.56. The lowest BCUT2D eigenvalue weighted by atomic mass is 10.2. The van der Waals surface area contributed by atoms with Gasteiger partial charge in [-0.2, -0.15) is 4.98 Å². The third-order valence-electron chi connectivity index (χ3n) is 4.75. The van der Waals surface area contributed by atoms with Gasteiger partial charge in [0, 0.05) is 22.5 Å². The number of amides is 2. The zero-order valence-electron chi connectivity index (χ0n) is 14.4. The van der Waals surface area contributed by atoms with Crippen LogP contribution in [0.3, 0.4) is 0 Å². The second-order valence-electron chi connectivity index (χ2n) is 7.00. The van der Waals surface area contributed by atoms with E-state index < -0.39 is 11.9 Å². The van der Waals surface area contributed by atoms with E-state index in [9.17, 15) is 9.18 Å². The summed E-state index contributed by atoms with van der Waals surface area (Å²) < 4.78 is 19.4. The SMILES string of the molecule is CC(NC(=O)N(Cc1c(F)cccc1Cl)C1CC1)c1nc(C2CC2)no1. The number of hydrogen-bond acceptors (Lipinski definition) is 4. The van der Waals surface area contributed by atoms with Crippen molar-refractivity contribution in [3.05, 3.63) is 46.3 Å². The number of urea groups is 1. The van der Waals surface area contributed by atoms with Crippen molar-refractivity contribution in [2.75, 3.05) is 0 Å². The predicted molar refractivity (Wildman–Crippen MR) is 93.2 cm³/mol. The Hall–Kier alpha value is -2.15. The predicted octanol–water partition coefficient (Wildman–Crippen LogP) is 4.17. The highest BCUT2D eigenvalue weighted by molar-refractivity contribution is 6.31. The standard InChI is InChI=1S/C18H20ClFN4O2/c1-10(17-22-16(23-26-17)11-5-6-11)21-18(25)24(12-7-8-12)9-13-14(19)3-2-4-15(13)20/h2-4,10-12H,5-9H2,1H3,(H,21,25). The Morgan fingerprint density at radius 2 is 2.19 bits per heavy atom. The van der Waals surface area contributed by atoms with Crippen molar-refractivity contribution < 1.29 is 13.7 Å². The van der Waals surface area contributed by atoms with Gasteiger partial charge in [-0.3, -0.25) is 0 Å². The molecule has 26 heavy (non-hydrogen) atoms. The molecule has 0 saturated heterocycles. The number of carbonyl (C=O) groups excluding carboxylic acids is 1. The van der Waals surface area contributed by atoms with Crippen LogP contribution in [0.25, 0.3) is 0 Å². The summed E-state index contributed by atoms with van der Waals surface area (Å²) in [5, 5.41) is 7.17. The van der Waals surface area contributed by atoms with E-state index in [-0.39, 0.29) is 18.6 Å². The molecule has 1 aromatic carbocycles. The molecule has 8 heteroatoms. The summed E-state index contributed by atoms with van der Waals surface area (Å²) in [7, 11) is 0. The lowest BCUT2D eigenvalue weighted by Gasteiger charge is -2.25. The van der Waals surface area contributed by atoms with E-state index in [1.165, 1.54) is 6.07 Å². The van der Waals surface area contributed by atoms with E-state index in [0.717, 1.165) is 25.7 Å². The molecular weight excluding hydrogens is 359 g/mol. The van der Waals surface area contributed by atoms with Crippen LogP contribution in [0, 0.1) is 5.82 Å². The molecule has 0 spiro atoms. The molecule has 1 heterocycles. The van der Waals surface area contributed by atoms with Crippen LogP contribution in [0.1, 0.15) is 61.8 Å². The second-order valence-corrected chi connectivity index (χ2v) is 7.40. The minimum absolute atomic E-state index is 0.0996. The first-order chi connectivity index (χ1) is 12.5. The number of halogens is 2. The minimum atomic E-state index is -0.417. The number of aromatic nitrogens is 2. The van der Waals surface area contributed by atoms with Crippen molar-refractivity contribution in [2.24, 2.45) is 0 Å². The van der Waals surface area contributed by atoms with Crippen LogP contribution < -0.4 is 5.32 Å². The summed E-state index contributed by atoms with van der Waals surface area (Å²) in [5.41, 5.74) is 0.331. The van der Waals surface area contributed by atoms with Crippen LogP contribution in [0.4, 0.5) is 9.18 Å². The van der Waals surface area contributed by atoms with E-state index in [4.69, 9.17) is 16.1 Å². The Labute approximate surface area is 155 Å². The molecule has 0 bridgehead atoms. The first kappa shape index (κ1) is 17.3. The molecule has 4 rings (SSSR count). The quantitative estimate of drug-likeness (QED) is 0.818. The van der Waals surface area contributed by atoms with Gasteiger partial charge in [-0.15, -0.1) is 0 Å². The largest absolute Gasteiger partial charge is 0.337 e. The summed E-state index contributed by atoms with van der Waals surface area (Å²) in [6, 6.07) is 3.93. The van der Waals surface area contributed by atoms with Gasteiger partial charge in [0.2, 0.25) is 5.89 Å². The molecule has 1 aromatic heterocycles. The van der Waals surface area contributed by atoms with Crippen molar-refractivity contribution in [1.29, 1.82) is 0 Å². The normalized spacial score (nSPS) is 17.8. The molecule has 2 saturated carbocycles. The summed E-state index contributed by atoms with van der Waals surface area (Å²) in [6.07, 6.45) is 3.97. The maximum Gasteiger partial charge on any atom is 0.318 e. The fraction of sp³-hybridized carbons (Fsp3) is 0.500. The zero-order chi connectivity index (χ0) is 18.3. The number of hydrogen-bond donors (Lipinski definition) is 1. The fourth-order valence-electron chi connectivity index (χ4n) is 2.87. The highest BCUT2D eigenvalue weighted by atomic mass is 35.5. The van der Waals surface area contributed by atoms with Crippen LogP contribution in [0.15, 0.2) is 22.7 Å². The molecule has 2 aliphatic carbocycles. The molecule has 2 aromatic rings. The molecule has 0 aliphatic heterocycles. The molecule has 2 amide bonds. The molecule has 1 N–H and O–H groups in total. The van der Waals surface area contributed by atoms with E-state index in [1.807, 2.05) is 0 Å². The number of nitrogens with one attached hydrogen (secondary N) is 1. The van der Waals surface area contributed by atoms with Crippen LogP contribution >= 0.6 is 11.6 Å². The lowest BCUT2D eigenvalue weighted by Crippen LogP contribution is -2.42. The van der Waals surface area contributed by atoms with E-state index in [0.29, 0.717) is 28.2 Å². The zero-order valence-corrected chi connectivity index (χ0v) is 15.2. The molecule has 2 aliphatic rings. The Morgan fingerprint density at radius 3 is 2.85 bits per heavy atom. The van der Waals surface area contributed by atoms with Crippen LogP contribution in [-0.4, -0.2) is 27.1 Å². The third-order valence-corrected chi connectivity index (χ3v) is 5.10. The Bertz CT molecular complexity index is 799. The molecule has 2 fully saturated rings. The molecule has 1 unspecified atom stereocenters. The maximum atomic E-state index is 14.1. The number of rotatable bonds is 6.